The maximum Gasteiger partial charge on any atom is 0.161 e. The summed E-state index contributed by atoms with van der Waals surface area (Å²) in [6.45, 7) is 0.907. The summed E-state index contributed by atoms with van der Waals surface area (Å²) in [5.41, 5.74) is 8.34. The average Bonchev–Trinajstić information content (AvgIpc) is 2.96. The van der Waals surface area contributed by atoms with Gasteiger partial charge < -0.3 is 10.3 Å². The van der Waals surface area contributed by atoms with Crippen molar-refractivity contribution in [2.24, 2.45) is 5.73 Å². The third kappa shape index (κ3) is 3.99. The SMILES string of the molecule is CSc1ccc2c(c1)nc1n2C[C@H](N)CC1.Fc1ccc(F)c(F)c1. The second-order valence-corrected chi connectivity index (χ2v) is 6.73. The molecule has 2 aromatic carbocycles. The van der Waals surface area contributed by atoms with E-state index in [1.165, 1.54) is 16.2 Å². The molecule has 2 heterocycles. The van der Waals surface area contributed by atoms with Crippen molar-refractivity contribution in [3.63, 3.8) is 0 Å². The Morgan fingerprint density at radius 2 is 1.92 bits per heavy atom. The van der Waals surface area contributed by atoms with E-state index in [-0.39, 0.29) is 6.04 Å². The molecule has 0 radical (unpaired) electrons. The van der Waals surface area contributed by atoms with Crippen LogP contribution in [0.15, 0.2) is 41.3 Å². The van der Waals surface area contributed by atoms with Crippen molar-refractivity contribution < 1.29 is 13.2 Å². The minimum atomic E-state index is -1.16. The smallest absolute Gasteiger partial charge is 0.161 e. The predicted molar refractivity (Wildman–Crippen MR) is 94.1 cm³/mol. The molecule has 1 aliphatic heterocycles. The maximum absolute atomic E-state index is 12.0. The van der Waals surface area contributed by atoms with E-state index >= 15 is 0 Å². The summed E-state index contributed by atoms with van der Waals surface area (Å²) >= 11 is 1.76. The molecule has 1 aromatic heterocycles. The van der Waals surface area contributed by atoms with Gasteiger partial charge in [0.05, 0.1) is 11.0 Å². The molecule has 0 aliphatic carbocycles. The fraction of sp³-hybridized carbons (Fsp3) is 0.278. The van der Waals surface area contributed by atoms with Crippen LogP contribution in [-0.4, -0.2) is 21.8 Å². The van der Waals surface area contributed by atoms with Crippen LogP contribution in [0.5, 0.6) is 0 Å². The summed E-state index contributed by atoms with van der Waals surface area (Å²) in [4.78, 5) is 5.96. The Morgan fingerprint density at radius 3 is 2.60 bits per heavy atom. The van der Waals surface area contributed by atoms with E-state index in [0.717, 1.165) is 37.0 Å². The lowest BCUT2D eigenvalue weighted by molar-refractivity contribution is 0.461. The van der Waals surface area contributed by atoms with Crippen LogP contribution in [0, 0.1) is 17.5 Å². The summed E-state index contributed by atoms with van der Waals surface area (Å²) < 4.78 is 38.1. The van der Waals surface area contributed by atoms with Gasteiger partial charge in [-0.1, -0.05) is 0 Å². The average molecular weight is 365 g/mol. The molecule has 3 aromatic rings. The van der Waals surface area contributed by atoms with Gasteiger partial charge in [-0.2, -0.15) is 0 Å². The molecule has 25 heavy (non-hydrogen) atoms. The van der Waals surface area contributed by atoms with Crippen LogP contribution in [-0.2, 0) is 13.0 Å². The first-order valence-electron chi connectivity index (χ1n) is 7.87. The second kappa shape index (κ2) is 7.49. The quantitative estimate of drug-likeness (QED) is 0.521. The number of benzene rings is 2. The number of imidazole rings is 1. The highest BCUT2D eigenvalue weighted by molar-refractivity contribution is 7.98. The fourth-order valence-electron chi connectivity index (χ4n) is 2.79. The molecule has 7 heteroatoms. The summed E-state index contributed by atoms with van der Waals surface area (Å²) in [6, 6.07) is 8.86. The molecule has 0 saturated carbocycles. The largest absolute Gasteiger partial charge is 0.326 e. The van der Waals surface area contributed by atoms with Gasteiger partial charge in [0.25, 0.3) is 0 Å². The Bertz CT molecular complexity index is 895. The second-order valence-electron chi connectivity index (χ2n) is 5.85. The van der Waals surface area contributed by atoms with E-state index in [1.54, 1.807) is 11.8 Å². The zero-order valence-corrected chi connectivity index (χ0v) is 14.5. The highest BCUT2D eigenvalue weighted by Gasteiger charge is 2.19. The van der Waals surface area contributed by atoms with Crippen molar-refractivity contribution in [3.05, 3.63) is 59.7 Å². The van der Waals surface area contributed by atoms with Gasteiger partial charge in [0.1, 0.15) is 11.6 Å². The van der Waals surface area contributed by atoms with Crippen molar-refractivity contribution in [3.8, 4) is 0 Å². The number of aryl methyl sites for hydroxylation is 1. The summed E-state index contributed by atoms with van der Waals surface area (Å²) in [6.07, 6.45) is 4.15. The molecular weight excluding hydrogens is 347 g/mol. The Hall–Kier alpha value is -1.99. The number of rotatable bonds is 1. The number of hydrogen-bond acceptors (Lipinski definition) is 3. The normalized spacial score (nSPS) is 16.3. The lowest BCUT2D eigenvalue weighted by Gasteiger charge is -2.20. The van der Waals surface area contributed by atoms with E-state index in [2.05, 4.69) is 29.0 Å². The number of hydrogen-bond donors (Lipinski definition) is 1. The molecule has 132 valence electrons. The topological polar surface area (TPSA) is 43.8 Å². The van der Waals surface area contributed by atoms with Crippen molar-refractivity contribution in [2.75, 3.05) is 6.26 Å². The molecule has 1 aliphatic rings. The molecule has 0 fully saturated rings. The Balaban J connectivity index is 0.000000173. The van der Waals surface area contributed by atoms with Gasteiger partial charge in [-0.3, -0.25) is 0 Å². The molecule has 4 rings (SSSR count). The van der Waals surface area contributed by atoms with E-state index in [9.17, 15) is 13.2 Å². The highest BCUT2D eigenvalue weighted by atomic mass is 32.2. The first-order valence-corrected chi connectivity index (χ1v) is 9.09. The van der Waals surface area contributed by atoms with Crippen molar-refractivity contribution in [1.29, 1.82) is 0 Å². The van der Waals surface area contributed by atoms with Gasteiger partial charge in [-0.25, -0.2) is 18.2 Å². The number of nitrogens with zero attached hydrogens (tertiary/aromatic N) is 2. The van der Waals surface area contributed by atoms with E-state index < -0.39 is 17.5 Å². The van der Waals surface area contributed by atoms with Crippen LogP contribution in [0.25, 0.3) is 11.0 Å². The van der Waals surface area contributed by atoms with Crippen LogP contribution in [0.2, 0.25) is 0 Å². The van der Waals surface area contributed by atoms with E-state index in [0.29, 0.717) is 6.07 Å². The van der Waals surface area contributed by atoms with E-state index in [1.807, 2.05) is 0 Å². The Labute approximate surface area is 148 Å². The van der Waals surface area contributed by atoms with Crippen molar-refractivity contribution in [1.82, 2.24) is 9.55 Å². The van der Waals surface area contributed by atoms with Gasteiger partial charge in [-0.15, -0.1) is 11.8 Å². The first-order chi connectivity index (χ1) is 12.0. The zero-order chi connectivity index (χ0) is 18.0. The van der Waals surface area contributed by atoms with Gasteiger partial charge in [0.15, 0.2) is 11.6 Å². The van der Waals surface area contributed by atoms with E-state index in [4.69, 9.17) is 10.7 Å². The molecule has 0 unspecified atom stereocenters. The predicted octanol–water partition coefficient (Wildman–Crippen LogP) is 4.14. The fourth-order valence-corrected chi connectivity index (χ4v) is 3.23. The number of fused-ring (bicyclic) bond motifs is 3. The van der Waals surface area contributed by atoms with Crippen LogP contribution < -0.4 is 5.73 Å². The van der Waals surface area contributed by atoms with Crippen LogP contribution in [0.4, 0.5) is 13.2 Å². The lowest BCUT2D eigenvalue weighted by atomic mass is 10.1. The Morgan fingerprint density at radius 1 is 1.12 bits per heavy atom. The summed E-state index contributed by atoms with van der Waals surface area (Å²) in [7, 11) is 0. The van der Waals surface area contributed by atoms with Crippen molar-refractivity contribution >= 4 is 22.8 Å². The van der Waals surface area contributed by atoms with Gasteiger partial charge in [-0.05, 0) is 43.0 Å². The zero-order valence-electron chi connectivity index (χ0n) is 13.7. The van der Waals surface area contributed by atoms with Gasteiger partial charge >= 0.3 is 0 Å². The monoisotopic (exact) mass is 365 g/mol. The molecule has 0 saturated heterocycles. The standard InChI is InChI=1S/C12H15N3S.C6H3F3/c1-16-9-3-4-11-10(6-9)14-12-5-2-8(13)7-15(11)12;7-4-1-2-5(8)6(9)3-4/h3-4,6,8H,2,5,7,13H2,1H3;1-3H/t8-;/m1./s1. The minimum Gasteiger partial charge on any atom is -0.326 e. The summed E-state index contributed by atoms with van der Waals surface area (Å²) in [5.74, 6) is -1.77. The van der Waals surface area contributed by atoms with Crippen LogP contribution in [0.3, 0.4) is 0 Å². The lowest BCUT2D eigenvalue weighted by Crippen LogP contribution is -2.31. The summed E-state index contributed by atoms with van der Waals surface area (Å²) in [5, 5.41) is 0. The highest BCUT2D eigenvalue weighted by Crippen LogP contribution is 2.25. The molecule has 0 spiro atoms. The number of nitrogens with two attached hydrogens (primary N) is 1. The molecule has 0 amide bonds. The maximum atomic E-state index is 12.0. The van der Waals surface area contributed by atoms with Crippen molar-refractivity contribution in [2.45, 2.75) is 30.3 Å². The van der Waals surface area contributed by atoms with Gasteiger partial charge in [0, 0.05) is 30.0 Å². The molecule has 3 nitrogen and oxygen atoms in total. The number of thioether (sulfide) groups is 1. The molecule has 2 N–H and O–H groups in total. The minimum absolute atomic E-state index is 0.283. The molecule has 1 atom stereocenters. The Kier molecular flexibility index (Phi) is 5.34. The van der Waals surface area contributed by atoms with Gasteiger partial charge in [0.2, 0.25) is 0 Å². The van der Waals surface area contributed by atoms with Crippen LogP contribution >= 0.6 is 11.8 Å². The molecule has 0 bridgehead atoms. The first kappa shape index (κ1) is 17.8. The third-order valence-electron chi connectivity index (χ3n) is 4.07. The third-order valence-corrected chi connectivity index (χ3v) is 4.80. The number of aromatic nitrogens is 2. The molecular formula is C18H18F3N3S. The van der Waals surface area contributed by atoms with Crippen LogP contribution in [0.1, 0.15) is 12.2 Å². The number of halogens is 3.